The maximum atomic E-state index is 14.3. The zero-order valence-corrected chi connectivity index (χ0v) is 19.6. The third-order valence-electron chi connectivity index (χ3n) is 5.15. The van der Waals surface area contributed by atoms with Gasteiger partial charge in [-0.2, -0.15) is 0 Å². The summed E-state index contributed by atoms with van der Waals surface area (Å²) in [4.78, 5) is 39.7. The molecule has 0 bridgehead atoms. The van der Waals surface area contributed by atoms with Crippen molar-refractivity contribution >= 4 is 27.7 Å². The van der Waals surface area contributed by atoms with Gasteiger partial charge >= 0.3 is 0 Å². The van der Waals surface area contributed by atoms with Crippen LogP contribution in [-0.4, -0.2) is 53.5 Å². The largest absolute Gasteiger partial charge is 0.350 e. The summed E-state index contributed by atoms with van der Waals surface area (Å²) in [6, 6.07) is 10.4. The van der Waals surface area contributed by atoms with Crippen molar-refractivity contribution in [1.29, 1.82) is 0 Å². The molecule has 1 heterocycles. The van der Waals surface area contributed by atoms with Crippen LogP contribution in [0.3, 0.4) is 0 Å². The molecular formula is C23H26FN3O5S. The second kappa shape index (κ2) is 8.93. The molecule has 2 aromatic rings. The zero-order chi connectivity index (χ0) is 24.6. The van der Waals surface area contributed by atoms with E-state index in [2.05, 4.69) is 5.32 Å². The monoisotopic (exact) mass is 475 g/mol. The lowest BCUT2D eigenvalue weighted by molar-refractivity contribution is -0.141. The van der Waals surface area contributed by atoms with Gasteiger partial charge in [0, 0.05) is 17.6 Å². The second-order valence-electron chi connectivity index (χ2n) is 8.84. The van der Waals surface area contributed by atoms with Crippen LogP contribution in [0.15, 0.2) is 53.4 Å². The van der Waals surface area contributed by atoms with E-state index in [0.717, 1.165) is 4.90 Å². The molecule has 1 unspecified atom stereocenters. The highest BCUT2D eigenvalue weighted by molar-refractivity contribution is 7.90. The van der Waals surface area contributed by atoms with Crippen LogP contribution < -0.4 is 5.32 Å². The van der Waals surface area contributed by atoms with E-state index in [9.17, 15) is 27.2 Å². The molecule has 0 fully saturated rings. The van der Waals surface area contributed by atoms with Gasteiger partial charge in [-0.05, 0) is 45.9 Å². The van der Waals surface area contributed by atoms with E-state index in [0.29, 0.717) is 4.31 Å². The Balaban J connectivity index is 1.92. The minimum absolute atomic E-state index is 0.0236. The van der Waals surface area contributed by atoms with E-state index in [1.807, 2.05) is 0 Å². The van der Waals surface area contributed by atoms with Crippen LogP contribution >= 0.6 is 0 Å². The Morgan fingerprint density at radius 1 is 1.09 bits per heavy atom. The molecule has 1 aliphatic heterocycles. The number of benzene rings is 2. The number of carbonyl (C=O) groups excluding carboxylic acids is 3. The summed E-state index contributed by atoms with van der Waals surface area (Å²) < 4.78 is 40.5. The van der Waals surface area contributed by atoms with Gasteiger partial charge in [0.15, 0.2) is 0 Å². The van der Waals surface area contributed by atoms with Crippen LogP contribution in [0.25, 0.3) is 0 Å². The molecule has 0 saturated carbocycles. The lowest BCUT2D eigenvalue weighted by atomic mass is 10.1. The summed E-state index contributed by atoms with van der Waals surface area (Å²) in [7, 11) is -4.22. The number of sulfonamides is 1. The first-order valence-electron chi connectivity index (χ1n) is 10.3. The molecule has 3 amide bonds. The van der Waals surface area contributed by atoms with E-state index in [1.165, 1.54) is 49.4 Å². The van der Waals surface area contributed by atoms with Crippen LogP contribution in [0.1, 0.15) is 43.6 Å². The van der Waals surface area contributed by atoms with Crippen molar-refractivity contribution < 1.29 is 27.2 Å². The van der Waals surface area contributed by atoms with E-state index >= 15 is 0 Å². The number of amides is 3. The van der Waals surface area contributed by atoms with Crippen molar-refractivity contribution in [3.8, 4) is 0 Å². The average molecular weight is 476 g/mol. The summed E-state index contributed by atoms with van der Waals surface area (Å²) in [5.41, 5.74) is -0.460. The van der Waals surface area contributed by atoms with Gasteiger partial charge in [0.1, 0.15) is 23.3 Å². The molecule has 0 radical (unpaired) electrons. The number of nitrogens with one attached hydrogen (secondary N) is 1. The molecule has 10 heteroatoms. The lowest BCUT2D eigenvalue weighted by Crippen LogP contribution is -2.54. The van der Waals surface area contributed by atoms with E-state index in [-0.39, 0.29) is 22.6 Å². The normalized spacial score (nSPS) is 15.7. The van der Waals surface area contributed by atoms with Crippen molar-refractivity contribution in [2.45, 2.75) is 50.7 Å². The maximum Gasteiger partial charge on any atom is 0.269 e. The fourth-order valence-corrected chi connectivity index (χ4v) is 4.99. The summed E-state index contributed by atoms with van der Waals surface area (Å²) >= 11 is 0. The van der Waals surface area contributed by atoms with Gasteiger partial charge in [-0.15, -0.1) is 0 Å². The molecule has 0 saturated heterocycles. The number of hydrogen-bond donors (Lipinski definition) is 1. The van der Waals surface area contributed by atoms with Gasteiger partial charge in [-0.3, -0.25) is 14.4 Å². The van der Waals surface area contributed by atoms with Crippen molar-refractivity contribution in [1.82, 2.24) is 14.5 Å². The first kappa shape index (κ1) is 24.4. The van der Waals surface area contributed by atoms with Crippen molar-refractivity contribution in [3.05, 3.63) is 65.5 Å². The quantitative estimate of drug-likeness (QED) is 0.691. The fraction of sp³-hybridized carbons (Fsp3) is 0.348. The fourth-order valence-electron chi connectivity index (χ4n) is 3.47. The third-order valence-corrected chi connectivity index (χ3v) is 6.94. The van der Waals surface area contributed by atoms with Gasteiger partial charge in [-0.1, -0.05) is 30.3 Å². The van der Waals surface area contributed by atoms with Gasteiger partial charge in [0.2, 0.25) is 11.8 Å². The molecule has 33 heavy (non-hydrogen) atoms. The molecular weight excluding hydrogens is 449 g/mol. The van der Waals surface area contributed by atoms with Crippen molar-refractivity contribution in [3.63, 3.8) is 0 Å². The van der Waals surface area contributed by atoms with Crippen LogP contribution in [-0.2, 0) is 26.2 Å². The predicted molar refractivity (Wildman–Crippen MR) is 119 cm³/mol. The Hall–Kier alpha value is -3.27. The Morgan fingerprint density at radius 3 is 2.30 bits per heavy atom. The molecule has 1 aliphatic rings. The van der Waals surface area contributed by atoms with Crippen LogP contribution in [0.4, 0.5) is 4.39 Å². The summed E-state index contributed by atoms with van der Waals surface area (Å²) in [5, 5.41) is 2.76. The molecule has 1 N–H and O–H groups in total. The molecule has 8 nitrogen and oxygen atoms in total. The second-order valence-corrected chi connectivity index (χ2v) is 10.7. The SMILES string of the molecule is CC(C(=O)NC(C)(C)C)N(Cc1ccccc1F)C(=O)CN1C(=O)c2ccccc2S1(=O)=O. The molecule has 3 rings (SSSR count). The Morgan fingerprint density at radius 2 is 1.70 bits per heavy atom. The summed E-state index contributed by atoms with van der Waals surface area (Å²) in [6.45, 7) is 5.69. The Kier molecular flexibility index (Phi) is 6.60. The lowest BCUT2D eigenvalue weighted by Gasteiger charge is -2.32. The Bertz CT molecular complexity index is 1210. The highest BCUT2D eigenvalue weighted by atomic mass is 32.2. The van der Waals surface area contributed by atoms with Crippen molar-refractivity contribution in [2.24, 2.45) is 0 Å². The maximum absolute atomic E-state index is 14.3. The summed E-state index contributed by atoms with van der Waals surface area (Å²) in [5.74, 6) is -2.70. The number of carbonyl (C=O) groups is 3. The smallest absolute Gasteiger partial charge is 0.269 e. The van der Waals surface area contributed by atoms with Crippen LogP contribution in [0.5, 0.6) is 0 Å². The van der Waals surface area contributed by atoms with Gasteiger partial charge in [0.25, 0.3) is 15.9 Å². The number of hydrogen-bond acceptors (Lipinski definition) is 5. The molecule has 0 aromatic heterocycles. The molecule has 0 aliphatic carbocycles. The number of nitrogens with zero attached hydrogens (tertiary/aromatic N) is 2. The van der Waals surface area contributed by atoms with E-state index in [4.69, 9.17) is 0 Å². The molecule has 2 aromatic carbocycles. The highest BCUT2D eigenvalue weighted by Gasteiger charge is 2.43. The third kappa shape index (κ3) is 5.05. The van der Waals surface area contributed by atoms with Crippen molar-refractivity contribution in [2.75, 3.05) is 6.54 Å². The molecule has 0 spiro atoms. The Labute approximate surface area is 192 Å². The predicted octanol–water partition coefficient (Wildman–Crippen LogP) is 2.30. The standard InChI is InChI=1S/C23H26FN3O5S/c1-15(21(29)25-23(2,3)4)26(13-16-9-5-7-11-18(16)24)20(28)14-27-22(30)17-10-6-8-12-19(17)33(27,31)32/h5-12,15H,13-14H2,1-4H3,(H,25,29). The molecule has 176 valence electrons. The van der Waals surface area contributed by atoms with Gasteiger partial charge < -0.3 is 10.2 Å². The number of fused-ring (bicyclic) bond motifs is 1. The van der Waals surface area contributed by atoms with E-state index in [1.54, 1.807) is 26.8 Å². The molecule has 1 atom stereocenters. The minimum Gasteiger partial charge on any atom is -0.350 e. The van der Waals surface area contributed by atoms with Gasteiger partial charge in [-0.25, -0.2) is 17.1 Å². The number of rotatable bonds is 6. The van der Waals surface area contributed by atoms with E-state index < -0.39 is 51.7 Å². The zero-order valence-electron chi connectivity index (χ0n) is 18.8. The minimum atomic E-state index is -4.22. The average Bonchev–Trinajstić information content (AvgIpc) is 2.92. The summed E-state index contributed by atoms with van der Waals surface area (Å²) in [6.07, 6.45) is 0. The number of halogens is 1. The first-order valence-corrected chi connectivity index (χ1v) is 11.8. The first-order chi connectivity index (χ1) is 15.3. The van der Waals surface area contributed by atoms with Gasteiger partial charge in [0.05, 0.1) is 5.56 Å². The highest BCUT2D eigenvalue weighted by Crippen LogP contribution is 2.30. The van der Waals surface area contributed by atoms with Crippen LogP contribution in [0, 0.1) is 5.82 Å². The van der Waals surface area contributed by atoms with Crippen LogP contribution in [0.2, 0.25) is 0 Å². The topological polar surface area (TPSA) is 104 Å².